The SMILES string of the molecule is CCOC(=O)N[C@@]12C[C@@H]3CCCCC3[C@H](/C=C/c3ccc(-c4cccc(F)c4)cn3)[C@@H]1[C@@H](C)OC2=O. The van der Waals surface area contributed by atoms with Gasteiger partial charge in [-0.2, -0.15) is 0 Å². The summed E-state index contributed by atoms with van der Waals surface area (Å²) >= 11 is 0. The summed E-state index contributed by atoms with van der Waals surface area (Å²) in [6.07, 6.45) is 10.0. The highest BCUT2D eigenvalue weighted by atomic mass is 19.1. The fourth-order valence-electron chi connectivity index (χ4n) is 6.77. The molecule has 7 heteroatoms. The highest BCUT2D eigenvalue weighted by molar-refractivity contribution is 5.88. The zero-order chi connectivity index (χ0) is 25.3. The molecule has 36 heavy (non-hydrogen) atoms. The number of hydrogen-bond acceptors (Lipinski definition) is 5. The number of alkyl carbamates (subject to hydrolysis) is 1. The molecule has 1 aromatic heterocycles. The Morgan fingerprint density at radius 3 is 2.83 bits per heavy atom. The van der Waals surface area contributed by atoms with Crippen LogP contribution in [0.3, 0.4) is 0 Å². The highest BCUT2D eigenvalue weighted by Gasteiger charge is 2.64. The quantitative estimate of drug-likeness (QED) is 0.536. The van der Waals surface area contributed by atoms with E-state index in [1.54, 1.807) is 19.2 Å². The van der Waals surface area contributed by atoms with Crippen molar-refractivity contribution >= 4 is 18.1 Å². The molecule has 1 saturated heterocycles. The first-order chi connectivity index (χ1) is 17.4. The number of hydrogen-bond donors (Lipinski definition) is 1. The van der Waals surface area contributed by atoms with E-state index in [2.05, 4.69) is 16.4 Å². The Bertz CT molecular complexity index is 1150. The lowest BCUT2D eigenvalue weighted by atomic mass is 9.54. The minimum absolute atomic E-state index is 0.0529. The van der Waals surface area contributed by atoms with Gasteiger partial charge in [0.25, 0.3) is 0 Å². The summed E-state index contributed by atoms with van der Waals surface area (Å²) < 4.78 is 24.6. The molecule has 2 saturated carbocycles. The summed E-state index contributed by atoms with van der Waals surface area (Å²) in [5.74, 6) is -0.0201. The van der Waals surface area contributed by atoms with Crippen molar-refractivity contribution in [3.05, 3.63) is 60.2 Å². The molecule has 5 rings (SSSR count). The third-order valence-corrected chi connectivity index (χ3v) is 8.23. The molecule has 3 fully saturated rings. The lowest BCUT2D eigenvalue weighted by Crippen LogP contribution is -2.63. The Morgan fingerprint density at radius 1 is 1.25 bits per heavy atom. The second kappa shape index (κ2) is 10.0. The third-order valence-electron chi connectivity index (χ3n) is 8.23. The van der Waals surface area contributed by atoms with Crippen LogP contribution in [0, 0.1) is 29.5 Å². The van der Waals surface area contributed by atoms with E-state index in [1.807, 2.05) is 31.2 Å². The number of fused-ring (bicyclic) bond motifs is 2. The number of rotatable bonds is 5. The van der Waals surface area contributed by atoms with Crippen LogP contribution < -0.4 is 5.32 Å². The Morgan fingerprint density at radius 2 is 2.08 bits per heavy atom. The van der Waals surface area contributed by atoms with Gasteiger partial charge in [-0.25, -0.2) is 14.0 Å². The number of esters is 1. The van der Waals surface area contributed by atoms with Crippen LogP contribution in [0.5, 0.6) is 0 Å². The van der Waals surface area contributed by atoms with Crippen molar-refractivity contribution in [1.82, 2.24) is 10.3 Å². The summed E-state index contributed by atoms with van der Waals surface area (Å²) in [4.78, 5) is 30.3. The Balaban J connectivity index is 1.45. The Labute approximate surface area is 211 Å². The van der Waals surface area contributed by atoms with Gasteiger partial charge in [-0.15, -0.1) is 0 Å². The molecule has 2 heterocycles. The van der Waals surface area contributed by atoms with Crippen LogP contribution in [0.15, 0.2) is 48.7 Å². The van der Waals surface area contributed by atoms with E-state index in [0.29, 0.717) is 18.3 Å². The van der Waals surface area contributed by atoms with E-state index < -0.39 is 11.6 Å². The van der Waals surface area contributed by atoms with Crippen molar-refractivity contribution in [3.8, 4) is 11.1 Å². The molecule has 0 radical (unpaired) electrons. The molecule has 190 valence electrons. The van der Waals surface area contributed by atoms with Crippen LogP contribution in [0.1, 0.15) is 51.6 Å². The molecule has 1 amide bonds. The van der Waals surface area contributed by atoms with Gasteiger partial charge in [0.1, 0.15) is 17.5 Å². The number of pyridine rings is 1. The maximum Gasteiger partial charge on any atom is 0.408 e. The molecular formula is C29H33FN2O4. The number of cyclic esters (lactones) is 1. The van der Waals surface area contributed by atoms with E-state index in [4.69, 9.17) is 9.47 Å². The third kappa shape index (κ3) is 4.51. The lowest BCUT2D eigenvalue weighted by Gasteiger charge is -2.50. The van der Waals surface area contributed by atoms with Crippen LogP contribution in [0.25, 0.3) is 17.2 Å². The van der Waals surface area contributed by atoms with Gasteiger partial charge >= 0.3 is 12.1 Å². The van der Waals surface area contributed by atoms with Crippen molar-refractivity contribution < 1.29 is 23.5 Å². The first kappa shape index (κ1) is 24.5. The molecular weight excluding hydrogens is 459 g/mol. The van der Waals surface area contributed by atoms with Gasteiger partial charge < -0.3 is 14.8 Å². The molecule has 2 aliphatic carbocycles. The molecule has 6 atom stereocenters. The fraction of sp³-hybridized carbons (Fsp3) is 0.483. The monoisotopic (exact) mass is 492 g/mol. The number of halogens is 1. The van der Waals surface area contributed by atoms with Gasteiger partial charge in [0.2, 0.25) is 0 Å². The largest absolute Gasteiger partial charge is 0.460 e. The standard InChI is InChI=1S/C29H33FN2O4/c1-3-35-28(34)32-29-16-20-7-4-5-10-24(20)25(26(29)18(2)36-27(29)33)14-13-23-12-11-21(17-31-23)19-8-6-9-22(30)15-19/h6,8-9,11-15,17-18,20,24-26H,3-5,7,10,16H2,1-2H3,(H,32,34)/b14-13+/t18-,20+,24?,25+,26+,29+/m1/s1. The summed E-state index contributed by atoms with van der Waals surface area (Å²) in [6.45, 7) is 3.91. The van der Waals surface area contributed by atoms with E-state index in [1.165, 1.54) is 18.6 Å². The lowest BCUT2D eigenvalue weighted by molar-refractivity contribution is -0.147. The summed E-state index contributed by atoms with van der Waals surface area (Å²) in [5, 5.41) is 2.95. The average molecular weight is 493 g/mol. The topological polar surface area (TPSA) is 77.5 Å². The number of amides is 1. The van der Waals surface area contributed by atoms with Crippen LogP contribution >= 0.6 is 0 Å². The van der Waals surface area contributed by atoms with E-state index in [9.17, 15) is 14.0 Å². The van der Waals surface area contributed by atoms with Gasteiger partial charge in [0.15, 0.2) is 0 Å². The van der Waals surface area contributed by atoms with Crippen molar-refractivity contribution in [2.24, 2.45) is 23.7 Å². The van der Waals surface area contributed by atoms with Crippen molar-refractivity contribution in [2.45, 2.75) is 57.6 Å². The average Bonchev–Trinajstić information content (AvgIpc) is 3.11. The summed E-state index contributed by atoms with van der Waals surface area (Å²) in [7, 11) is 0. The van der Waals surface area contributed by atoms with Crippen LogP contribution in [0.4, 0.5) is 9.18 Å². The van der Waals surface area contributed by atoms with E-state index in [-0.39, 0.29) is 36.3 Å². The molecule has 0 spiro atoms. The number of nitrogens with zero attached hydrogens (tertiary/aromatic N) is 1. The molecule has 2 aromatic rings. The van der Waals surface area contributed by atoms with Crippen LogP contribution in [-0.2, 0) is 14.3 Å². The Kier molecular flexibility index (Phi) is 6.82. The minimum Gasteiger partial charge on any atom is -0.460 e. The predicted molar refractivity (Wildman–Crippen MR) is 134 cm³/mol. The Hall–Kier alpha value is -3.22. The second-order valence-electron chi connectivity index (χ2n) is 10.3. The van der Waals surface area contributed by atoms with E-state index in [0.717, 1.165) is 36.1 Å². The number of allylic oxidation sites excluding steroid dienone is 1. The van der Waals surface area contributed by atoms with E-state index >= 15 is 0 Å². The molecule has 3 aliphatic rings. The zero-order valence-corrected chi connectivity index (χ0v) is 20.8. The highest BCUT2D eigenvalue weighted by Crippen LogP contribution is 2.55. The molecule has 1 aliphatic heterocycles. The number of carbonyl (C=O) groups is 2. The van der Waals surface area contributed by atoms with Gasteiger partial charge in [0.05, 0.1) is 12.3 Å². The van der Waals surface area contributed by atoms with Crippen LogP contribution in [-0.4, -0.2) is 35.3 Å². The molecule has 6 nitrogen and oxygen atoms in total. The minimum atomic E-state index is -1.08. The maximum absolute atomic E-state index is 13.6. The first-order valence-electron chi connectivity index (χ1n) is 13.0. The first-order valence-corrected chi connectivity index (χ1v) is 13.0. The number of ether oxygens (including phenoxy) is 2. The van der Waals surface area contributed by atoms with Gasteiger partial charge in [-0.3, -0.25) is 4.98 Å². The van der Waals surface area contributed by atoms with Crippen molar-refractivity contribution in [3.63, 3.8) is 0 Å². The maximum atomic E-state index is 13.6. The molecule has 0 bridgehead atoms. The number of aromatic nitrogens is 1. The van der Waals surface area contributed by atoms with Gasteiger partial charge in [-0.05, 0) is 74.3 Å². The van der Waals surface area contributed by atoms with Gasteiger partial charge in [0, 0.05) is 17.7 Å². The van der Waals surface area contributed by atoms with Crippen molar-refractivity contribution in [1.29, 1.82) is 0 Å². The summed E-state index contributed by atoms with van der Waals surface area (Å²) in [5.41, 5.74) is 1.33. The molecule has 1 unspecified atom stereocenters. The summed E-state index contributed by atoms with van der Waals surface area (Å²) in [6, 6.07) is 10.3. The smallest absolute Gasteiger partial charge is 0.408 e. The predicted octanol–water partition coefficient (Wildman–Crippen LogP) is 5.77. The van der Waals surface area contributed by atoms with Crippen molar-refractivity contribution in [2.75, 3.05) is 6.61 Å². The van der Waals surface area contributed by atoms with Crippen LogP contribution in [0.2, 0.25) is 0 Å². The molecule has 1 N–H and O–H groups in total. The number of nitrogens with one attached hydrogen (secondary N) is 1. The normalized spacial score (nSPS) is 31.4. The van der Waals surface area contributed by atoms with Gasteiger partial charge in [-0.1, -0.05) is 43.5 Å². The number of carbonyl (C=O) groups excluding carboxylic acids is 2. The molecule has 1 aromatic carbocycles. The second-order valence-corrected chi connectivity index (χ2v) is 10.3. The number of benzene rings is 1. The zero-order valence-electron chi connectivity index (χ0n) is 20.8. The fourth-order valence-corrected chi connectivity index (χ4v) is 6.77.